The lowest BCUT2D eigenvalue weighted by Crippen LogP contribution is -2.27. The lowest BCUT2D eigenvalue weighted by Gasteiger charge is -2.14. The van der Waals surface area contributed by atoms with Crippen molar-refractivity contribution in [3.63, 3.8) is 0 Å². The van der Waals surface area contributed by atoms with Gasteiger partial charge in [0.05, 0.1) is 5.69 Å². The van der Waals surface area contributed by atoms with Gasteiger partial charge in [-0.3, -0.25) is 9.69 Å². The molecule has 1 unspecified atom stereocenters. The normalized spacial score (nSPS) is 12.5. The summed E-state index contributed by atoms with van der Waals surface area (Å²) in [7, 11) is 0. The molecule has 96 valence electrons. The van der Waals surface area contributed by atoms with E-state index in [2.05, 4.69) is 4.98 Å². The monoisotopic (exact) mass is 273 g/mol. The van der Waals surface area contributed by atoms with Crippen LogP contribution in [-0.4, -0.2) is 29.2 Å². The van der Waals surface area contributed by atoms with E-state index in [9.17, 15) is 4.79 Å². The van der Waals surface area contributed by atoms with Gasteiger partial charge >= 0.3 is 0 Å². The fourth-order valence-electron chi connectivity index (χ4n) is 1.33. The molecule has 0 aliphatic heterocycles. The van der Waals surface area contributed by atoms with Gasteiger partial charge in [0.1, 0.15) is 0 Å². The van der Waals surface area contributed by atoms with Crippen LogP contribution in [-0.2, 0) is 10.5 Å². The number of carbonyl (C=O) groups excluding carboxylic acids is 1. The highest BCUT2D eigenvalue weighted by molar-refractivity contribution is 7.98. The predicted molar refractivity (Wildman–Crippen MR) is 75.6 cm³/mol. The topological polar surface area (TPSA) is 59.2 Å². The lowest BCUT2D eigenvalue weighted by molar-refractivity contribution is -0.116. The van der Waals surface area contributed by atoms with Gasteiger partial charge in [-0.2, -0.15) is 11.8 Å². The molecule has 0 saturated heterocycles. The minimum atomic E-state index is 0.0385. The molecular formula is C11H19N3OS2. The number of aromatic nitrogens is 1. The Labute approximate surface area is 111 Å². The van der Waals surface area contributed by atoms with Crippen LogP contribution in [0.15, 0.2) is 5.38 Å². The molecule has 0 aliphatic carbocycles. The SMILES string of the molecule is CCN(C(C)=O)c1nc(CSCC(C)N)cs1. The number of anilines is 1. The van der Waals surface area contributed by atoms with Crippen LogP contribution >= 0.6 is 23.1 Å². The smallest absolute Gasteiger partial charge is 0.225 e. The molecule has 0 saturated carbocycles. The number of hydrogen-bond donors (Lipinski definition) is 1. The quantitative estimate of drug-likeness (QED) is 0.862. The van der Waals surface area contributed by atoms with Crippen molar-refractivity contribution in [3.05, 3.63) is 11.1 Å². The van der Waals surface area contributed by atoms with Crippen molar-refractivity contribution < 1.29 is 4.79 Å². The Kier molecular flexibility index (Phi) is 5.94. The molecule has 1 aromatic heterocycles. The average molecular weight is 273 g/mol. The first-order valence-corrected chi connectivity index (χ1v) is 7.63. The fraction of sp³-hybridized carbons (Fsp3) is 0.636. The van der Waals surface area contributed by atoms with Crippen LogP contribution in [0.2, 0.25) is 0 Å². The zero-order valence-electron chi connectivity index (χ0n) is 10.5. The van der Waals surface area contributed by atoms with Gasteiger partial charge in [-0.25, -0.2) is 4.98 Å². The molecule has 1 amide bonds. The summed E-state index contributed by atoms with van der Waals surface area (Å²) in [6, 6.07) is 0.211. The summed E-state index contributed by atoms with van der Waals surface area (Å²) in [5.74, 6) is 1.82. The minimum Gasteiger partial charge on any atom is -0.327 e. The predicted octanol–water partition coefficient (Wildman–Crippen LogP) is 2.10. The van der Waals surface area contributed by atoms with Crippen LogP contribution in [0.5, 0.6) is 0 Å². The van der Waals surface area contributed by atoms with Gasteiger partial charge in [0.15, 0.2) is 5.13 Å². The number of hydrogen-bond acceptors (Lipinski definition) is 5. The van der Waals surface area contributed by atoms with Crippen LogP contribution in [0.4, 0.5) is 5.13 Å². The summed E-state index contributed by atoms with van der Waals surface area (Å²) in [6.07, 6.45) is 0. The molecule has 0 radical (unpaired) electrons. The number of thiazole rings is 1. The number of amides is 1. The molecule has 17 heavy (non-hydrogen) atoms. The number of carbonyl (C=O) groups is 1. The third-order valence-electron chi connectivity index (χ3n) is 2.10. The second-order valence-corrected chi connectivity index (χ2v) is 5.74. The van der Waals surface area contributed by atoms with Crippen molar-refractivity contribution in [1.29, 1.82) is 0 Å². The molecule has 1 aromatic rings. The van der Waals surface area contributed by atoms with Crippen LogP contribution in [0.25, 0.3) is 0 Å². The van der Waals surface area contributed by atoms with Crippen LogP contribution in [0.1, 0.15) is 26.5 Å². The van der Waals surface area contributed by atoms with E-state index in [0.717, 1.165) is 22.3 Å². The van der Waals surface area contributed by atoms with Crippen molar-refractivity contribution in [1.82, 2.24) is 4.98 Å². The Morgan fingerprint density at radius 3 is 2.94 bits per heavy atom. The number of rotatable bonds is 6. The molecule has 0 bridgehead atoms. The maximum atomic E-state index is 11.4. The van der Waals surface area contributed by atoms with Gasteiger partial charge in [0.25, 0.3) is 0 Å². The first-order valence-electron chi connectivity index (χ1n) is 5.60. The maximum Gasteiger partial charge on any atom is 0.225 e. The molecule has 1 rings (SSSR count). The zero-order chi connectivity index (χ0) is 12.8. The van der Waals surface area contributed by atoms with Crippen molar-refractivity contribution in [2.75, 3.05) is 17.2 Å². The van der Waals surface area contributed by atoms with Gasteiger partial charge in [-0.05, 0) is 13.8 Å². The Morgan fingerprint density at radius 1 is 1.71 bits per heavy atom. The van der Waals surface area contributed by atoms with Gasteiger partial charge in [0.2, 0.25) is 5.91 Å². The molecule has 2 N–H and O–H groups in total. The molecule has 0 aliphatic rings. The molecule has 0 aromatic carbocycles. The molecule has 0 fully saturated rings. The second kappa shape index (κ2) is 6.98. The number of nitrogens with zero attached hydrogens (tertiary/aromatic N) is 2. The van der Waals surface area contributed by atoms with Crippen LogP contribution < -0.4 is 10.6 Å². The molecular weight excluding hydrogens is 254 g/mol. The molecule has 6 heteroatoms. The summed E-state index contributed by atoms with van der Waals surface area (Å²) < 4.78 is 0. The van der Waals surface area contributed by atoms with Crippen LogP contribution in [0.3, 0.4) is 0 Å². The summed E-state index contributed by atoms with van der Waals surface area (Å²) in [4.78, 5) is 17.5. The third kappa shape index (κ3) is 4.65. The standard InChI is InChI=1S/C11H19N3OS2/c1-4-14(9(3)15)11-13-10(7-17-11)6-16-5-8(2)12/h7-8H,4-6,12H2,1-3H3. The highest BCUT2D eigenvalue weighted by Crippen LogP contribution is 2.23. The van der Waals surface area contributed by atoms with Gasteiger partial charge in [0, 0.05) is 36.4 Å². The number of nitrogens with two attached hydrogens (primary N) is 1. The fourth-order valence-corrected chi connectivity index (χ4v) is 3.21. The van der Waals surface area contributed by atoms with E-state index >= 15 is 0 Å². The van der Waals surface area contributed by atoms with Gasteiger partial charge in [-0.15, -0.1) is 11.3 Å². The van der Waals surface area contributed by atoms with Crippen molar-refractivity contribution in [2.24, 2.45) is 5.73 Å². The van der Waals surface area contributed by atoms with Gasteiger partial charge < -0.3 is 5.73 Å². The minimum absolute atomic E-state index is 0.0385. The summed E-state index contributed by atoms with van der Waals surface area (Å²) in [5.41, 5.74) is 6.70. The van der Waals surface area contributed by atoms with E-state index in [4.69, 9.17) is 5.73 Å². The highest BCUT2D eigenvalue weighted by Gasteiger charge is 2.13. The Morgan fingerprint density at radius 2 is 2.41 bits per heavy atom. The molecule has 1 atom stereocenters. The summed E-state index contributed by atoms with van der Waals surface area (Å²) in [6.45, 7) is 6.17. The average Bonchev–Trinajstić information content (AvgIpc) is 2.66. The Balaban J connectivity index is 2.55. The zero-order valence-corrected chi connectivity index (χ0v) is 12.1. The van der Waals surface area contributed by atoms with Gasteiger partial charge in [-0.1, -0.05) is 0 Å². The molecule has 1 heterocycles. The van der Waals surface area contributed by atoms with E-state index in [1.54, 1.807) is 23.6 Å². The maximum absolute atomic E-state index is 11.4. The Hall–Kier alpha value is -0.590. The third-order valence-corrected chi connectivity index (χ3v) is 4.27. The van der Waals surface area contributed by atoms with Crippen molar-refractivity contribution >= 4 is 34.1 Å². The van der Waals surface area contributed by atoms with E-state index < -0.39 is 0 Å². The van der Waals surface area contributed by atoms with Crippen molar-refractivity contribution in [3.8, 4) is 0 Å². The lowest BCUT2D eigenvalue weighted by atomic mass is 10.4. The molecule has 4 nitrogen and oxygen atoms in total. The van der Waals surface area contributed by atoms with Crippen LogP contribution in [0, 0.1) is 0 Å². The van der Waals surface area contributed by atoms with E-state index in [-0.39, 0.29) is 11.9 Å². The summed E-state index contributed by atoms with van der Waals surface area (Å²) in [5, 5.41) is 2.80. The van der Waals surface area contributed by atoms with E-state index in [0.29, 0.717) is 6.54 Å². The first kappa shape index (κ1) is 14.5. The molecule has 0 spiro atoms. The largest absolute Gasteiger partial charge is 0.327 e. The van der Waals surface area contributed by atoms with E-state index in [1.165, 1.54) is 11.3 Å². The highest BCUT2D eigenvalue weighted by atomic mass is 32.2. The Bertz CT molecular complexity index is 365. The summed E-state index contributed by atoms with van der Waals surface area (Å²) >= 11 is 3.29. The van der Waals surface area contributed by atoms with E-state index in [1.807, 2.05) is 19.2 Å². The second-order valence-electron chi connectivity index (χ2n) is 3.88. The number of thioether (sulfide) groups is 1. The first-order chi connectivity index (χ1) is 8.04. The van der Waals surface area contributed by atoms with Crippen molar-refractivity contribution in [2.45, 2.75) is 32.6 Å².